The highest BCUT2D eigenvalue weighted by Crippen LogP contribution is 2.40. The van der Waals surface area contributed by atoms with Gasteiger partial charge < -0.3 is 9.64 Å². The fourth-order valence-electron chi connectivity index (χ4n) is 4.58. The topological polar surface area (TPSA) is 63.7 Å². The van der Waals surface area contributed by atoms with E-state index in [1.165, 1.54) is 35.4 Å². The molecule has 1 aliphatic heterocycles. The van der Waals surface area contributed by atoms with Crippen LogP contribution in [0.25, 0.3) is 0 Å². The van der Waals surface area contributed by atoms with Gasteiger partial charge >= 0.3 is 12.8 Å². The Balaban J connectivity index is 1.79. The molecule has 210 valence electrons. The van der Waals surface area contributed by atoms with Gasteiger partial charge in [0, 0.05) is 44.1 Å². The van der Waals surface area contributed by atoms with Crippen molar-refractivity contribution in [3.05, 3.63) is 53.6 Å². The zero-order valence-electron chi connectivity index (χ0n) is 21.2. The van der Waals surface area contributed by atoms with Gasteiger partial charge in [0.2, 0.25) is 0 Å². The molecule has 0 aromatic heterocycles. The lowest BCUT2D eigenvalue weighted by molar-refractivity contribution is -0.137. The van der Waals surface area contributed by atoms with Crippen molar-refractivity contribution in [1.29, 1.82) is 0 Å². The van der Waals surface area contributed by atoms with Crippen LogP contribution in [0.3, 0.4) is 0 Å². The number of benzene rings is 2. The van der Waals surface area contributed by atoms with E-state index in [0.717, 1.165) is 18.2 Å². The van der Waals surface area contributed by atoms with Crippen molar-refractivity contribution in [1.82, 2.24) is 4.90 Å². The maximum Gasteiger partial charge on any atom is 0.416 e. The minimum Gasteiger partial charge on any atom is -0.434 e. The van der Waals surface area contributed by atoms with E-state index in [4.69, 9.17) is 0 Å². The van der Waals surface area contributed by atoms with E-state index in [0.29, 0.717) is 12.8 Å². The molecule has 2 aromatic carbocycles. The van der Waals surface area contributed by atoms with Gasteiger partial charge in [0.1, 0.15) is 5.75 Å². The first kappa shape index (κ1) is 29.9. The molecule has 12 heteroatoms. The number of alkyl halides is 5. The van der Waals surface area contributed by atoms with Crippen LogP contribution in [-0.2, 0) is 25.2 Å². The van der Waals surface area contributed by atoms with Gasteiger partial charge in [-0.05, 0) is 90.3 Å². The van der Waals surface area contributed by atoms with Gasteiger partial charge in [0.25, 0.3) is 5.91 Å². The van der Waals surface area contributed by atoms with Crippen molar-refractivity contribution in [3.63, 3.8) is 0 Å². The Labute approximate surface area is 220 Å². The lowest BCUT2D eigenvalue weighted by atomic mass is 9.85. The molecular formula is C26H30F5NO4S2. The largest absolute Gasteiger partial charge is 0.434 e. The predicted octanol–water partition coefficient (Wildman–Crippen LogP) is 5.42. The number of likely N-dealkylation sites (tertiary alicyclic amines) is 1. The van der Waals surface area contributed by atoms with Crippen LogP contribution in [-0.4, -0.2) is 61.7 Å². The van der Waals surface area contributed by atoms with E-state index in [9.17, 15) is 35.2 Å². The highest BCUT2D eigenvalue weighted by molar-refractivity contribution is 8.01. The molecule has 2 atom stereocenters. The Bertz CT molecular complexity index is 1410. The Kier molecular flexibility index (Phi) is 8.29. The van der Waals surface area contributed by atoms with Crippen molar-refractivity contribution < 1.29 is 39.9 Å². The summed E-state index contributed by atoms with van der Waals surface area (Å²) in [5.74, 6) is 6.42. The van der Waals surface area contributed by atoms with Gasteiger partial charge in [-0.15, -0.1) is 0 Å². The SMILES string of the molecule is C=S(C)(=O)c1cc(C(=O)N2CCC(C(C)(C)S(=C)(=O)c3cccc(C(F)(F)F)c3)CC2)ccc1OC(F)F. The maximum atomic E-state index is 13.8. The summed E-state index contributed by atoms with van der Waals surface area (Å²) in [6.07, 6.45) is -2.49. The molecule has 1 fully saturated rings. The van der Waals surface area contributed by atoms with E-state index in [-0.39, 0.29) is 40.1 Å². The van der Waals surface area contributed by atoms with Crippen LogP contribution in [0, 0.1) is 5.92 Å². The molecule has 2 aromatic rings. The molecule has 0 N–H and O–H groups in total. The third kappa shape index (κ3) is 6.17. The first-order chi connectivity index (χ1) is 17.4. The quantitative estimate of drug-likeness (QED) is 0.325. The van der Waals surface area contributed by atoms with Crippen molar-refractivity contribution in [2.45, 2.75) is 54.0 Å². The summed E-state index contributed by atoms with van der Waals surface area (Å²) in [6.45, 7) is 0.817. The lowest BCUT2D eigenvalue weighted by Gasteiger charge is -2.42. The van der Waals surface area contributed by atoms with Crippen molar-refractivity contribution >= 4 is 36.7 Å². The van der Waals surface area contributed by atoms with E-state index >= 15 is 0 Å². The molecule has 0 radical (unpaired) electrons. The number of hydrogen-bond acceptors (Lipinski definition) is 4. The summed E-state index contributed by atoms with van der Waals surface area (Å²) in [5.41, 5.74) is -0.771. The van der Waals surface area contributed by atoms with E-state index in [1.54, 1.807) is 13.8 Å². The molecule has 1 saturated heterocycles. The monoisotopic (exact) mass is 579 g/mol. The average Bonchev–Trinajstić information content (AvgIpc) is 2.82. The molecule has 2 unspecified atom stereocenters. The summed E-state index contributed by atoms with van der Waals surface area (Å²) in [4.78, 5) is 14.6. The molecule has 0 bridgehead atoms. The zero-order valence-corrected chi connectivity index (χ0v) is 22.9. The minimum absolute atomic E-state index is 0.0193. The third-order valence-corrected chi connectivity index (χ3v) is 11.3. The van der Waals surface area contributed by atoms with Crippen molar-refractivity contribution in [2.75, 3.05) is 19.3 Å². The predicted molar refractivity (Wildman–Crippen MR) is 140 cm³/mol. The molecule has 5 nitrogen and oxygen atoms in total. The number of ether oxygens (including phenoxy) is 1. The number of piperidine rings is 1. The molecule has 1 aliphatic rings. The second kappa shape index (κ2) is 10.5. The van der Waals surface area contributed by atoms with Crippen LogP contribution in [0.5, 0.6) is 5.75 Å². The molecular weight excluding hydrogens is 549 g/mol. The molecule has 1 heterocycles. The summed E-state index contributed by atoms with van der Waals surface area (Å²) >= 11 is 0. The Morgan fingerprint density at radius 1 is 1.05 bits per heavy atom. The zero-order chi connectivity index (χ0) is 28.7. The first-order valence-corrected chi connectivity index (χ1v) is 15.5. The first-order valence-electron chi connectivity index (χ1n) is 11.6. The van der Waals surface area contributed by atoms with E-state index in [2.05, 4.69) is 16.5 Å². The highest BCUT2D eigenvalue weighted by Gasteiger charge is 2.41. The van der Waals surface area contributed by atoms with Gasteiger partial charge in [-0.1, -0.05) is 6.07 Å². The summed E-state index contributed by atoms with van der Waals surface area (Å²) in [5, 5.41) is 0. The van der Waals surface area contributed by atoms with Gasteiger partial charge in [-0.2, -0.15) is 22.0 Å². The third-order valence-electron chi connectivity index (χ3n) is 7.03. The number of carbonyl (C=O) groups excluding carboxylic acids is 1. The molecule has 0 aliphatic carbocycles. The van der Waals surface area contributed by atoms with Crippen LogP contribution >= 0.6 is 0 Å². The van der Waals surface area contributed by atoms with Crippen molar-refractivity contribution in [2.24, 2.45) is 5.92 Å². The van der Waals surface area contributed by atoms with Crippen LogP contribution in [0.4, 0.5) is 22.0 Å². The second-order valence-electron chi connectivity index (χ2n) is 9.92. The lowest BCUT2D eigenvalue weighted by Crippen LogP contribution is -2.47. The van der Waals surface area contributed by atoms with Gasteiger partial charge in [-0.3, -0.25) is 13.2 Å². The van der Waals surface area contributed by atoms with Crippen molar-refractivity contribution in [3.8, 4) is 5.75 Å². The summed E-state index contributed by atoms with van der Waals surface area (Å²) in [6, 6.07) is 8.10. The second-order valence-corrected chi connectivity index (χ2v) is 15.2. The molecule has 1 amide bonds. The van der Waals surface area contributed by atoms with Gasteiger partial charge in [-0.25, -0.2) is 0 Å². The number of halogens is 5. The number of nitrogens with zero attached hydrogens (tertiary/aromatic N) is 1. The average molecular weight is 580 g/mol. The van der Waals surface area contributed by atoms with Crippen LogP contribution < -0.4 is 4.74 Å². The number of carbonyl (C=O) groups is 1. The molecule has 3 rings (SSSR count). The number of hydrogen-bond donors (Lipinski definition) is 0. The fraction of sp³-hybridized carbons (Fsp3) is 0.423. The fourth-order valence-corrected chi connectivity index (χ4v) is 7.50. The normalized spacial score (nSPS) is 18.6. The van der Waals surface area contributed by atoms with Gasteiger partial charge in [0.15, 0.2) is 0 Å². The molecule has 38 heavy (non-hydrogen) atoms. The summed E-state index contributed by atoms with van der Waals surface area (Å²) in [7, 11) is -6.15. The maximum absolute atomic E-state index is 13.8. The molecule has 0 spiro atoms. The van der Waals surface area contributed by atoms with Crippen LogP contribution in [0.2, 0.25) is 0 Å². The number of amides is 1. The van der Waals surface area contributed by atoms with Crippen LogP contribution in [0.15, 0.2) is 52.3 Å². The van der Waals surface area contributed by atoms with Crippen LogP contribution in [0.1, 0.15) is 42.6 Å². The standard InChI is InChI=1S/C26H30F5NO4S2/c1-25(2,38(5,35)20-8-6-7-19(16-20)26(29,30)31)18-11-13-32(14-12-18)23(33)17-9-10-21(36-24(27)28)22(15-17)37(3,4)34/h6-10,15-16,18,24H,3,5,11-14H2,1-2,4H3. The molecule has 0 saturated carbocycles. The van der Waals surface area contributed by atoms with E-state index < -0.39 is 48.0 Å². The Hall–Kier alpha value is -2.60. The Morgan fingerprint density at radius 3 is 2.18 bits per heavy atom. The Morgan fingerprint density at radius 2 is 1.66 bits per heavy atom. The van der Waals surface area contributed by atoms with E-state index in [1.807, 2.05) is 0 Å². The summed E-state index contributed by atoms with van der Waals surface area (Å²) < 4.78 is 95.0. The number of rotatable bonds is 7. The smallest absolute Gasteiger partial charge is 0.416 e. The minimum atomic E-state index is -4.58. The van der Waals surface area contributed by atoms with Gasteiger partial charge in [0.05, 0.1) is 10.5 Å². The highest BCUT2D eigenvalue weighted by atomic mass is 32.2.